The molecule has 0 N–H and O–H groups in total. The van der Waals surface area contributed by atoms with Crippen LogP contribution in [0.5, 0.6) is 0 Å². The third-order valence-electron chi connectivity index (χ3n) is 3.09. The lowest BCUT2D eigenvalue weighted by Crippen LogP contribution is -2.54. The second-order valence-corrected chi connectivity index (χ2v) is 5.94. The first-order valence-corrected chi connectivity index (χ1v) is 7.18. The summed E-state index contributed by atoms with van der Waals surface area (Å²) in [5.74, 6) is -0.897. The maximum atomic E-state index is 12.5. The topological polar surface area (TPSA) is 63.7 Å². The van der Waals surface area contributed by atoms with E-state index in [1.807, 2.05) is 6.07 Å². The molecule has 1 saturated heterocycles. The van der Waals surface area contributed by atoms with E-state index >= 15 is 0 Å². The van der Waals surface area contributed by atoms with Gasteiger partial charge in [-0.3, -0.25) is 13.8 Å². The van der Waals surface area contributed by atoms with Gasteiger partial charge in [0.15, 0.2) is 5.78 Å². The Hall–Kier alpha value is -1.53. The average Bonchev–Trinajstić information content (AvgIpc) is 2.81. The van der Waals surface area contributed by atoms with Crippen LogP contribution in [-0.4, -0.2) is 40.2 Å². The van der Waals surface area contributed by atoms with Gasteiger partial charge < -0.3 is 9.64 Å². The Morgan fingerprint density at radius 2 is 1.95 bits per heavy atom. The molecule has 19 heavy (non-hydrogen) atoms. The number of rotatable bonds is 3. The fraction of sp³-hybridized carbons (Fsp3) is 0.385. The summed E-state index contributed by atoms with van der Waals surface area (Å²) in [5.41, 5.74) is 0.626. The van der Waals surface area contributed by atoms with Crippen molar-refractivity contribution in [2.24, 2.45) is 0 Å². The van der Waals surface area contributed by atoms with E-state index < -0.39 is 27.4 Å². The number of benzene rings is 1. The number of nitrogens with zero attached hydrogens (tertiary/aromatic N) is 1. The first-order chi connectivity index (χ1) is 9.00. The number of hydrogen-bond acceptors (Lipinski definition) is 4. The monoisotopic (exact) mass is 281 g/mol. The maximum absolute atomic E-state index is 12.5. The van der Waals surface area contributed by atoms with Crippen LogP contribution in [0.4, 0.5) is 5.69 Å². The van der Waals surface area contributed by atoms with Crippen LogP contribution in [0.2, 0.25) is 0 Å². The van der Waals surface area contributed by atoms with E-state index in [1.54, 1.807) is 31.3 Å². The first kappa shape index (κ1) is 13.9. The van der Waals surface area contributed by atoms with Crippen molar-refractivity contribution in [1.29, 1.82) is 0 Å². The Balaban J connectivity index is 2.37. The van der Waals surface area contributed by atoms with Crippen LogP contribution in [0, 0.1) is 0 Å². The van der Waals surface area contributed by atoms with E-state index in [1.165, 1.54) is 11.8 Å². The van der Waals surface area contributed by atoms with Gasteiger partial charge in [-0.05, 0) is 19.1 Å². The van der Waals surface area contributed by atoms with Crippen molar-refractivity contribution >= 4 is 28.2 Å². The van der Waals surface area contributed by atoms with Gasteiger partial charge >= 0.3 is 0 Å². The molecule has 0 aromatic heterocycles. The smallest absolute Gasteiger partial charge is 0.280 e. The number of para-hydroxylation sites is 1. The lowest BCUT2D eigenvalue weighted by atomic mass is 10.2. The molecule has 1 aromatic rings. The standard InChI is InChI=1S/C13H15NO4S/c1-10(15)13(18-8-9-19(13)17)12(16)14(2)11-6-4-3-5-7-11/h3-7H,8-9H2,1-2H3/t13-,19-/m1/s1. The minimum Gasteiger partial charge on any atom is -0.346 e. The van der Waals surface area contributed by atoms with Gasteiger partial charge in [0.05, 0.1) is 23.2 Å². The van der Waals surface area contributed by atoms with Crippen molar-refractivity contribution in [3.63, 3.8) is 0 Å². The molecule has 2 atom stereocenters. The summed E-state index contributed by atoms with van der Waals surface area (Å²) in [6, 6.07) is 8.87. The zero-order valence-electron chi connectivity index (χ0n) is 10.8. The Bertz CT molecular complexity index is 531. The predicted octanol–water partition coefficient (Wildman–Crippen LogP) is 0.714. The summed E-state index contributed by atoms with van der Waals surface area (Å²) in [6.07, 6.45) is 0. The van der Waals surface area contributed by atoms with E-state index in [4.69, 9.17) is 4.74 Å². The highest BCUT2D eigenvalue weighted by Gasteiger charge is 2.55. The van der Waals surface area contributed by atoms with Crippen LogP contribution >= 0.6 is 0 Å². The molecule has 1 aliphatic rings. The quantitative estimate of drug-likeness (QED) is 0.766. The van der Waals surface area contributed by atoms with Crippen LogP contribution in [0.15, 0.2) is 30.3 Å². The molecular formula is C13H15NO4S. The van der Waals surface area contributed by atoms with Gasteiger partial charge in [0.1, 0.15) is 0 Å². The van der Waals surface area contributed by atoms with Crippen molar-refractivity contribution in [3.8, 4) is 0 Å². The Morgan fingerprint density at radius 3 is 2.42 bits per heavy atom. The molecule has 102 valence electrons. The normalized spacial score (nSPS) is 26.1. The molecule has 2 rings (SSSR count). The second-order valence-electron chi connectivity index (χ2n) is 4.27. The van der Waals surface area contributed by atoms with Gasteiger partial charge in [-0.1, -0.05) is 18.2 Å². The van der Waals surface area contributed by atoms with Crippen molar-refractivity contribution in [2.45, 2.75) is 11.9 Å². The van der Waals surface area contributed by atoms with Crippen LogP contribution in [0.3, 0.4) is 0 Å². The van der Waals surface area contributed by atoms with Crippen LogP contribution in [0.25, 0.3) is 0 Å². The Kier molecular flexibility index (Phi) is 3.82. The van der Waals surface area contributed by atoms with Gasteiger partial charge in [0.2, 0.25) is 0 Å². The van der Waals surface area contributed by atoms with Crippen LogP contribution in [0.1, 0.15) is 6.92 Å². The number of carbonyl (C=O) groups excluding carboxylic acids is 2. The zero-order chi connectivity index (χ0) is 14.0. The number of ether oxygens (including phenoxy) is 1. The number of carbonyl (C=O) groups is 2. The molecule has 0 spiro atoms. The Morgan fingerprint density at radius 1 is 1.32 bits per heavy atom. The molecule has 0 saturated carbocycles. The molecule has 1 aromatic carbocycles. The number of Topliss-reactive ketones (excluding diaryl/α,β-unsaturated/α-hetero) is 1. The van der Waals surface area contributed by atoms with Crippen molar-refractivity contribution in [3.05, 3.63) is 30.3 Å². The molecule has 1 amide bonds. The van der Waals surface area contributed by atoms with Crippen molar-refractivity contribution < 1.29 is 18.5 Å². The number of ketones is 1. The molecule has 6 heteroatoms. The number of amides is 1. The highest BCUT2D eigenvalue weighted by molar-refractivity contribution is 7.88. The summed E-state index contributed by atoms with van der Waals surface area (Å²) in [4.78, 5) is 23.8. The van der Waals surface area contributed by atoms with Gasteiger partial charge in [0, 0.05) is 12.7 Å². The summed E-state index contributed by atoms with van der Waals surface area (Å²) in [6.45, 7) is 1.39. The third-order valence-corrected chi connectivity index (χ3v) is 4.85. The van der Waals surface area contributed by atoms with Gasteiger partial charge in [-0.15, -0.1) is 0 Å². The predicted molar refractivity (Wildman–Crippen MR) is 72.2 cm³/mol. The highest BCUT2D eigenvalue weighted by Crippen LogP contribution is 2.28. The third kappa shape index (κ3) is 2.21. The number of likely N-dealkylation sites (N-methyl/N-ethyl adjacent to an activating group) is 1. The molecule has 0 unspecified atom stereocenters. The van der Waals surface area contributed by atoms with E-state index in [0.29, 0.717) is 5.69 Å². The van der Waals surface area contributed by atoms with Gasteiger partial charge in [-0.25, -0.2) is 0 Å². The zero-order valence-corrected chi connectivity index (χ0v) is 11.6. The Labute approximate surface area is 114 Å². The first-order valence-electron chi connectivity index (χ1n) is 5.87. The number of anilines is 1. The highest BCUT2D eigenvalue weighted by atomic mass is 32.2. The molecule has 5 nitrogen and oxygen atoms in total. The minimum absolute atomic E-state index is 0.153. The van der Waals surface area contributed by atoms with E-state index in [2.05, 4.69) is 0 Å². The molecular weight excluding hydrogens is 266 g/mol. The van der Waals surface area contributed by atoms with Crippen molar-refractivity contribution in [1.82, 2.24) is 0 Å². The molecule has 1 heterocycles. The lowest BCUT2D eigenvalue weighted by Gasteiger charge is -2.28. The summed E-state index contributed by atoms with van der Waals surface area (Å²) >= 11 is 0. The lowest BCUT2D eigenvalue weighted by molar-refractivity contribution is -0.143. The molecule has 0 radical (unpaired) electrons. The average molecular weight is 281 g/mol. The second kappa shape index (κ2) is 5.22. The van der Waals surface area contributed by atoms with Crippen LogP contribution < -0.4 is 4.90 Å². The van der Waals surface area contributed by atoms with E-state index in [0.717, 1.165) is 0 Å². The summed E-state index contributed by atoms with van der Waals surface area (Å²) in [5, 5.41) is 0. The molecule has 0 bridgehead atoms. The fourth-order valence-electron chi connectivity index (χ4n) is 2.03. The molecule has 0 aliphatic carbocycles. The number of hydrogen-bond donors (Lipinski definition) is 0. The van der Waals surface area contributed by atoms with E-state index in [9.17, 15) is 13.8 Å². The largest absolute Gasteiger partial charge is 0.346 e. The van der Waals surface area contributed by atoms with Crippen molar-refractivity contribution in [2.75, 3.05) is 24.3 Å². The van der Waals surface area contributed by atoms with Gasteiger partial charge in [-0.2, -0.15) is 0 Å². The molecule has 1 fully saturated rings. The maximum Gasteiger partial charge on any atom is 0.280 e. The van der Waals surface area contributed by atoms with Gasteiger partial charge in [0.25, 0.3) is 10.8 Å². The minimum atomic E-state index is -1.84. The SMILES string of the molecule is CC(=O)[C@@]1(C(=O)N(C)c2ccccc2)OCC[S@]1=O. The molecule has 1 aliphatic heterocycles. The van der Waals surface area contributed by atoms with E-state index in [-0.39, 0.29) is 12.4 Å². The summed E-state index contributed by atoms with van der Waals surface area (Å²) in [7, 11) is -0.0939. The fourth-order valence-corrected chi connectivity index (χ4v) is 3.42. The van der Waals surface area contributed by atoms with Crippen LogP contribution in [-0.2, 0) is 25.1 Å². The summed E-state index contributed by atoms with van der Waals surface area (Å²) < 4.78 is 17.3.